The summed E-state index contributed by atoms with van der Waals surface area (Å²) < 4.78 is 0. The summed E-state index contributed by atoms with van der Waals surface area (Å²) >= 11 is 0. The minimum absolute atomic E-state index is 0.999. The van der Waals surface area contributed by atoms with Crippen LogP contribution in [0.3, 0.4) is 0 Å². The SMILES string of the molecule is C/C=C\c1ccccc1N(CCCNC)c1ccccc1. The number of allylic oxidation sites excluding steroid dienone is 1. The maximum absolute atomic E-state index is 3.23. The van der Waals surface area contributed by atoms with Crippen LogP contribution in [0.15, 0.2) is 60.7 Å². The average Bonchev–Trinajstić information content (AvgIpc) is 2.54. The fourth-order valence-corrected chi connectivity index (χ4v) is 2.46. The molecule has 0 aliphatic heterocycles. The molecular weight excluding hydrogens is 256 g/mol. The molecule has 1 N–H and O–H groups in total. The third-order valence-corrected chi connectivity index (χ3v) is 3.45. The summed E-state index contributed by atoms with van der Waals surface area (Å²) in [7, 11) is 2.00. The molecule has 0 amide bonds. The van der Waals surface area contributed by atoms with Gasteiger partial charge in [0.05, 0.1) is 0 Å². The first kappa shape index (κ1) is 15.3. The van der Waals surface area contributed by atoms with E-state index in [1.54, 1.807) is 0 Å². The first-order valence-corrected chi connectivity index (χ1v) is 7.55. The summed E-state index contributed by atoms with van der Waals surface area (Å²) in [5, 5.41) is 3.23. The summed E-state index contributed by atoms with van der Waals surface area (Å²) in [4.78, 5) is 2.40. The Kier molecular flexibility index (Phi) is 6.04. The summed E-state index contributed by atoms with van der Waals surface area (Å²) in [6.07, 6.45) is 5.37. The number of rotatable bonds is 7. The molecule has 0 fully saturated rings. The lowest BCUT2D eigenvalue weighted by Crippen LogP contribution is -2.22. The van der Waals surface area contributed by atoms with Crippen LogP contribution < -0.4 is 10.2 Å². The molecule has 0 unspecified atom stereocenters. The van der Waals surface area contributed by atoms with Crippen molar-refractivity contribution in [2.45, 2.75) is 13.3 Å². The highest BCUT2D eigenvalue weighted by Crippen LogP contribution is 2.29. The Morgan fingerprint density at radius 1 is 1.00 bits per heavy atom. The van der Waals surface area contributed by atoms with Gasteiger partial charge in [-0.05, 0) is 50.7 Å². The van der Waals surface area contributed by atoms with Crippen molar-refractivity contribution in [3.8, 4) is 0 Å². The van der Waals surface area contributed by atoms with Gasteiger partial charge in [0, 0.05) is 17.9 Å². The van der Waals surface area contributed by atoms with Crippen molar-refractivity contribution in [2.75, 3.05) is 25.0 Å². The van der Waals surface area contributed by atoms with E-state index in [4.69, 9.17) is 0 Å². The number of para-hydroxylation sites is 2. The molecule has 0 spiro atoms. The minimum atomic E-state index is 0.999. The van der Waals surface area contributed by atoms with Crippen LogP contribution in [0.4, 0.5) is 11.4 Å². The molecule has 0 radical (unpaired) electrons. The molecule has 0 atom stereocenters. The fourth-order valence-electron chi connectivity index (χ4n) is 2.46. The summed E-state index contributed by atoms with van der Waals surface area (Å²) in [6.45, 7) is 4.08. The van der Waals surface area contributed by atoms with Gasteiger partial charge < -0.3 is 10.2 Å². The van der Waals surface area contributed by atoms with Crippen molar-refractivity contribution in [2.24, 2.45) is 0 Å². The number of nitrogens with zero attached hydrogens (tertiary/aromatic N) is 1. The van der Waals surface area contributed by atoms with Gasteiger partial charge in [-0.1, -0.05) is 48.6 Å². The maximum atomic E-state index is 3.23. The first-order chi connectivity index (χ1) is 10.4. The van der Waals surface area contributed by atoms with E-state index in [9.17, 15) is 0 Å². The van der Waals surface area contributed by atoms with Gasteiger partial charge >= 0.3 is 0 Å². The Bertz CT molecular complexity index is 561. The summed E-state index contributed by atoms with van der Waals surface area (Å²) in [5.41, 5.74) is 3.76. The molecular formula is C19H24N2. The third-order valence-electron chi connectivity index (χ3n) is 3.45. The zero-order chi connectivity index (χ0) is 14.9. The fraction of sp³-hybridized carbons (Fsp3) is 0.263. The van der Waals surface area contributed by atoms with E-state index in [2.05, 4.69) is 83.9 Å². The Hall–Kier alpha value is -2.06. The van der Waals surface area contributed by atoms with E-state index < -0.39 is 0 Å². The van der Waals surface area contributed by atoms with Crippen molar-refractivity contribution in [1.82, 2.24) is 5.32 Å². The minimum Gasteiger partial charge on any atom is -0.341 e. The van der Waals surface area contributed by atoms with Gasteiger partial charge in [-0.2, -0.15) is 0 Å². The lowest BCUT2D eigenvalue weighted by atomic mass is 10.1. The Morgan fingerprint density at radius 2 is 1.71 bits per heavy atom. The highest BCUT2D eigenvalue weighted by Gasteiger charge is 2.11. The van der Waals surface area contributed by atoms with Crippen LogP contribution in [-0.2, 0) is 0 Å². The maximum Gasteiger partial charge on any atom is 0.0484 e. The molecule has 0 bridgehead atoms. The van der Waals surface area contributed by atoms with Crippen LogP contribution >= 0.6 is 0 Å². The Balaban J connectivity index is 2.35. The molecule has 2 aromatic rings. The lowest BCUT2D eigenvalue weighted by molar-refractivity contribution is 0.723. The standard InChI is InChI=1S/C19H24N2/c1-3-10-17-11-7-8-14-19(17)21(16-9-15-20-2)18-12-5-4-6-13-18/h3-8,10-14,20H,9,15-16H2,1-2H3/b10-3-. The van der Waals surface area contributed by atoms with E-state index in [1.165, 1.54) is 16.9 Å². The molecule has 2 heteroatoms. The van der Waals surface area contributed by atoms with E-state index in [1.807, 2.05) is 7.05 Å². The highest BCUT2D eigenvalue weighted by atomic mass is 15.1. The van der Waals surface area contributed by atoms with Crippen LogP contribution in [0.1, 0.15) is 18.9 Å². The second kappa shape index (κ2) is 8.28. The zero-order valence-corrected chi connectivity index (χ0v) is 12.9. The van der Waals surface area contributed by atoms with E-state index >= 15 is 0 Å². The number of anilines is 2. The molecule has 0 saturated carbocycles. The second-order valence-corrected chi connectivity index (χ2v) is 5.00. The number of hydrogen-bond donors (Lipinski definition) is 1. The number of benzene rings is 2. The van der Waals surface area contributed by atoms with Gasteiger partial charge in [-0.15, -0.1) is 0 Å². The van der Waals surface area contributed by atoms with Gasteiger partial charge in [0.2, 0.25) is 0 Å². The highest BCUT2D eigenvalue weighted by molar-refractivity contribution is 5.73. The lowest BCUT2D eigenvalue weighted by Gasteiger charge is -2.27. The van der Waals surface area contributed by atoms with Gasteiger partial charge in [-0.3, -0.25) is 0 Å². The van der Waals surface area contributed by atoms with Crippen molar-refractivity contribution in [3.05, 3.63) is 66.2 Å². The largest absolute Gasteiger partial charge is 0.341 e. The monoisotopic (exact) mass is 280 g/mol. The average molecular weight is 280 g/mol. The van der Waals surface area contributed by atoms with Crippen molar-refractivity contribution in [3.63, 3.8) is 0 Å². The Labute approximate surface area is 128 Å². The molecule has 2 rings (SSSR count). The quantitative estimate of drug-likeness (QED) is 0.753. The van der Waals surface area contributed by atoms with Crippen LogP contribution in [0.25, 0.3) is 6.08 Å². The van der Waals surface area contributed by atoms with Crippen molar-refractivity contribution < 1.29 is 0 Å². The number of hydrogen-bond acceptors (Lipinski definition) is 2. The summed E-state index contributed by atoms with van der Waals surface area (Å²) in [5.74, 6) is 0. The molecule has 0 aliphatic carbocycles. The van der Waals surface area contributed by atoms with Gasteiger partial charge in [-0.25, -0.2) is 0 Å². The topological polar surface area (TPSA) is 15.3 Å². The predicted octanol–water partition coefficient (Wildman–Crippen LogP) is 4.47. The third kappa shape index (κ3) is 4.20. The Morgan fingerprint density at radius 3 is 2.43 bits per heavy atom. The van der Waals surface area contributed by atoms with Gasteiger partial charge in [0.1, 0.15) is 0 Å². The molecule has 0 heterocycles. The normalized spacial score (nSPS) is 11.0. The van der Waals surface area contributed by atoms with Gasteiger partial charge in [0.25, 0.3) is 0 Å². The van der Waals surface area contributed by atoms with E-state index in [0.29, 0.717) is 0 Å². The summed E-state index contributed by atoms with van der Waals surface area (Å²) in [6, 6.07) is 19.2. The van der Waals surface area contributed by atoms with E-state index in [0.717, 1.165) is 19.5 Å². The number of nitrogens with one attached hydrogen (secondary N) is 1. The molecule has 0 aliphatic rings. The van der Waals surface area contributed by atoms with Crippen molar-refractivity contribution in [1.29, 1.82) is 0 Å². The van der Waals surface area contributed by atoms with Crippen molar-refractivity contribution >= 4 is 17.5 Å². The molecule has 110 valence electrons. The van der Waals surface area contributed by atoms with Gasteiger partial charge in [0.15, 0.2) is 0 Å². The van der Waals surface area contributed by atoms with Crippen LogP contribution in [-0.4, -0.2) is 20.1 Å². The van der Waals surface area contributed by atoms with Crippen LogP contribution in [0.2, 0.25) is 0 Å². The first-order valence-electron chi connectivity index (χ1n) is 7.55. The zero-order valence-electron chi connectivity index (χ0n) is 12.9. The second-order valence-electron chi connectivity index (χ2n) is 5.00. The molecule has 2 nitrogen and oxygen atoms in total. The molecule has 2 aromatic carbocycles. The van der Waals surface area contributed by atoms with E-state index in [-0.39, 0.29) is 0 Å². The predicted molar refractivity (Wildman–Crippen MR) is 93.1 cm³/mol. The van der Waals surface area contributed by atoms with Crippen LogP contribution in [0.5, 0.6) is 0 Å². The molecule has 0 saturated heterocycles. The molecule has 0 aromatic heterocycles. The smallest absolute Gasteiger partial charge is 0.0484 e. The van der Waals surface area contributed by atoms with Crippen LogP contribution in [0, 0.1) is 0 Å². The molecule has 21 heavy (non-hydrogen) atoms.